The fourth-order valence-corrected chi connectivity index (χ4v) is 2.00. The normalized spacial score (nSPS) is 10.9. The zero-order valence-corrected chi connectivity index (χ0v) is 11.3. The molecule has 4 heteroatoms. The zero-order valence-electron chi connectivity index (χ0n) is 11.3. The van der Waals surface area contributed by atoms with Gasteiger partial charge in [-0.05, 0) is 36.4 Å². The van der Waals surface area contributed by atoms with Gasteiger partial charge in [-0.15, -0.1) is 0 Å². The molecule has 0 spiro atoms. The first-order valence-corrected chi connectivity index (χ1v) is 6.58. The van der Waals surface area contributed by atoms with E-state index in [1.165, 1.54) is 5.56 Å². The molecule has 19 heavy (non-hydrogen) atoms. The van der Waals surface area contributed by atoms with Crippen LogP contribution in [0.4, 0.5) is 0 Å². The van der Waals surface area contributed by atoms with Crippen LogP contribution in [0.15, 0.2) is 42.7 Å². The van der Waals surface area contributed by atoms with Gasteiger partial charge < -0.3 is 5.73 Å². The van der Waals surface area contributed by atoms with Crippen molar-refractivity contribution >= 4 is 0 Å². The van der Waals surface area contributed by atoms with Gasteiger partial charge in [0.25, 0.3) is 0 Å². The summed E-state index contributed by atoms with van der Waals surface area (Å²) < 4.78 is 0. The molecule has 2 aromatic heterocycles. The van der Waals surface area contributed by atoms with E-state index < -0.39 is 0 Å². The maximum absolute atomic E-state index is 5.62. The van der Waals surface area contributed by atoms with Crippen LogP contribution in [0.5, 0.6) is 0 Å². The lowest BCUT2D eigenvalue weighted by Gasteiger charge is -2.20. The second-order valence-corrected chi connectivity index (χ2v) is 4.48. The van der Waals surface area contributed by atoms with Crippen molar-refractivity contribution in [2.45, 2.75) is 26.6 Å². The van der Waals surface area contributed by atoms with Crippen LogP contribution in [-0.4, -0.2) is 21.4 Å². The number of nitrogens with zero attached hydrogens (tertiary/aromatic N) is 3. The van der Waals surface area contributed by atoms with Gasteiger partial charge in [-0.2, -0.15) is 0 Å². The minimum absolute atomic E-state index is 0.486. The number of pyridine rings is 2. The summed E-state index contributed by atoms with van der Waals surface area (Å²) in [5, 5.41) is 0. The maximum atomic E-state index is 5.62. The summed E-state index contributed by atoms with van der Waals surface area (Å²) in [4.78, 5) is 10.9. The molecular weight excluding hydrogens is 236 g/mol. The quantitative estimate of drug-likeness (QED) is 0.858. The Morgan fingerprint density at radius 2 is 1.89 bits per heavy atom. The second kappa shape index (κ2) is 6.97. The van der Waals surface area contributed by atoms with Gasteiger partial charge in [0.2, 0.25) is 0 Å². The Labute approximate surface area is 114 Å². The van der Waals surface area contributed by atoms with Crippen LogP contribution in [0.2, 0.25) is 0 Å². The molecule has 2 heterocycles. The Kier molecular flexibility index (Phi) is 5.01. The van der Waals surface area contributed by atoms with Crippen molar-refractivity contribution in [2.24, 2.45) is 5.73 Å². The highest BCUT2D eigenvalue weighted by Crippen LogP contribution is 2.09. The van der Waals surface area contributed by atoms with Gasteiger partial charge in [-0.1, -0.05) is 13.0 Å². The van der Waals surface area contributed by atoms with Gasteiger partial charge in [-0.25, -0.2) is 0 Å². The standard InChI is InChI=1S/C15H20N4/c1-2-19(12-14-5-3-4-7-17-14)11-13-6-8-18-15(9-13)10-16/h3-9H,2,10-12,16H2,1H3. The van der Waals surface area contributed by atoms with Crippen molar-refractivity contribution < 1.29 is 0 Å². The number of aromatic nitrogens is 2. The summed E-state index contributed by atoms with van der Waals surface area (Å²) in [6.07, 6.45) is 3.66. The van der Waals surface area contributed by atoms with E-state index in [4.69, 9.17) is 5.73 Å². The minimum Gasteiger partial charge on any atom is -0.325 e. The first kappa shape index (κ1) is 13.6. The molecule has 0 amide bonds. The summed E-state index contributed by atoms with van der Waals surface area (Å²) in [5.74, 6) is 0. The third-order valence-electron chi connectivity index (χ3n) is 3.06. The Hall–Kier alpha value is -1.78. The summed E-state index contributed by atoms with van der Waals surface area (Å²) in [7, 11) is 0. The molecule has 0 aliphatic rings. The predicted octanol–water partition coefficient (Wildman–Crippen LogP) is 1.96. The van der Waals surface area contributed by atoms with E-state index in [0.717, 1.165) is 31.0 Å². The lowest BCUT2D eigenvalue weighted by atomic mass is 10.2. The van der Waals surface area contributed by atoms with E-state index in [2.05, 4.69) is 33.9 Å². The molecule has 0 aliphatic carbocycles. The summed E-state index contributed by atoms with van der Waals surface area (Å²) in [6.45, 7) is 5.38. The van der Waals surface area contributed by atoms with Crippen molar-refractivity contribution in [3.05, 3.63) is 59.7 Å². The lowest BCUT2D eigenvalue weighted by Crippen LogP contribution is -2.23. The minimum atomic E-state index is 0.486. The lowest BCUT2D eigenvalue weighted by molar-refractivity contribution is 0.268. The van der Waals surface area contributed by atoms with E-state index in [1.807, 2.05) is 30.6 Å². The van der Waals surface area contributed by atoms with Crippen LogP contribution in [0, 0.1) is 0 Å². The van der Waals surface area contributed by atoms with Crippen molar-refractivity contribution in [3.8, 4) is 0 Å². The van der Waals surface area contributed by atoms with Gasteiger partial charge in [0.05, 0.1) is 11.4 Å². The number of rotatable bonds is 6. The van der Waals surface area contributed by atoms with Gasteiger partial charge in [0.1, 0.15) is 0 Å². The van der Waals surface area contributed by atoms with Crippen LogP contribution >= 0.6 is 0 Å². The van der Waals surface area contributed by atoms with Gasteiger partial charge in [0, 0.05) is 32.0 Å². The molecule has 0 aliphatic heterocycles. The van der Waals surface area contributed by atoms with Gasteiger partial charge >= 0.3 is 0 Å². The van der Waals surface area contributed by atoms with E-state index in [9.17, 15) is 0 Å². The van der Waals surface area contributed by atoms with Crippen molar-refractivity contribution in [2.75, 3.05) is 6.54 Å². The summed E-state index contributed by atoms with van der Waals surface area (Å²) in [5.41, 5.74) is 8.89. The third kappa shape index (κ3) is 4.12. The molecule has 0 fully saturated rings. The Morgan fingerprint density at radius 3 is 2.58 bits per heavy atom. The highest BCUT2D eigenvalue weighted by molar-refractivity contribution is 5.16. The second-order valence-electron chi connectivity index (χ2n) is 4.48. The molecular formula is C15H20N4. The SMILES string of the molecule is CCN(Cc1ccnc(CN)c1)Cc1ccccn1. The molecule has 0 radical (unpaired) electrons. The maximum Gasteiger partial charge on any atom is 0.0544 e. The Bertz CT molecular complexity index is 499. The predicted molar refractivity (Wildman–Crippen MR) is 76.2 cm³/mol. The van der Waals surface area contributed by atoms with Crippen LogP contribution < -0.4 is 5.73 Å². The van der Waals surface area contributed by atoms with Crippen LogP contribution in [0.25, 0.3) is 0 Å². The van der Waals surface area contributed by atoms with E-state index in [-0.39, 0.29) is 0 Å². The van der Waals surface area contributed by atoms with Crippen LogP contribution in [0.1, 0.15) is 23.9 Å². The van der Waals surface area contributed by atoms with Crippen molar-refractivity contribution in [3.63, 3.8) is 0 Å². The smallest absolute Gasteiger partial charge is 0.0544 e. The highest BCUT2D eigenvalue weighted by Gasteiger charge is 2.06. The van der Waals surface area contributed by atoms with E-state index in [0.29, 0.717) is 6.54 Å². The molecule has 0 unspecified atom stereocenters. The molecule has 2 N–H and O–H groups in total. The first-order chi connectivity index (χ1) is 9.31. The van der Waals surface area contributed by atoms with E-state index in [1.54, 1.807) is 0 Å². The molecule has 0 atom stereocenters. The Balaban J connectivity index is 2.02. The molecule has 100 valence electrons. The molecule has 2 aromatic rings. The largest absolute Gasteiger partial charge is 0.325 e. The van der Waals surface area contributed by atoms with Crippen LogP contribution in [-0.2, 0) is 19.6 Å². The fraction of sp³-hybridized carbons (Fsp3) is 0.333. The third-order valence-corrected chi connectivity index (χ3v) is 3.06. The molecule has 0 bridgehead atoms. The Morgan fingerprint density at radius 1 is 1.05 bits per heavy atom. The van der Waals surface area contributed by atoms with Crippen molar-refractivity contribution in [1.29, 1.82) is 0 Å². The molecule has 4 nitrogen and oxygen atoms in total. The van der Waals surface area contributed by atoms with Gasteiger partial charge in [0.15, 0.2) is 0 Å². The number of hydrogen-bond donors (Lipinski definition) is 1. The molecule has 2 rings (SSSR count). The van der Waals surface area contributed by atoms with Crippen LogP contribution in [0.3, 0.4) is 0 Å². The monoisotopic (exact) mass is 256 g/mol. The molecule has 0 saturated heterocycles. The molecule has 0 aromatic carbocycles. The average molecular weight is 256 g/mol. The number of nitrogens with two attached hydrogens (primary N) is 1. The average Bonchev–Trinajstić information content (AvgIpc) is 2.48. The topological polar surface area (TPSA) is 55.0 Å². The van der Waals surface area contributed by atoms with Crippen molar-refractivity contribution in [1.82, 2.24) is 14.9 Å². The number of hydrogen-bond acceptors (Lipinski definition) is 4. The van der Waals surface area contributed by atoms with E-state index >= 15 is 0 Å². The molecule has 0 saturated carbocycles. The summed E-state index contributed by atoms with van der Waals surface area (Å²) in [6, 6.07) is 10.1. The highest BCUT2D eigenvalue weighted by atomic mass is 15.1. The zero-order chi connectivity index (χ0) is 13.5. The van der Waals surface area contributed by atoms with Gasteiger partial charge in [-0.3, -0.25) is 14.9 Å². The first-order valence-electron chi connectivity index (χ1n) is 6.58. The fourth-order valence-electron chi connectivity index (χ4n) is 2.00. The summed E-state index contributed by atoms with van der Waals surface area (Å²) >= 11 is 0.